The van der Waals surface area contributed by atoms with Crippen molar-refractivity contribution in [3.8, 4) is 0 Å². The Kier molecular flexibility index (Phi) is 7.54. The van der Waals surface area contributed by atoms with Gasteiger partial charge in [-0.05, 0) is 0 Å². The van der Waals surface area contributed by atoms with Gasteiger partial charge in [0.2, 0.25) is 0 Å². The van der Waals surface area contributed by atoms with E-state index in [4.69, 9.17) is 0 Å². The van der Waals surface area contributed by atoms with Gasteiger partial charge in [-0.1, -0.05) is 0 Å². The molecule has 1 aromatic rings. The van der Waals surface area contributed by atoms with Crippen molar-refractivity contribution in [3.63, 3.8) is 0 Å². The Labute approximate surface area is 123 Å². The summed E-state index contributed by atoms with van der Waals surface area (Å²) in [4.78, 5) is 14.0. The molecule has 0 radical (unpaired) electrons. The number of nitrogens with zero attached hydrogens (tertiary/aromatic N) is 1. The van der Waals surface area contributed by atoms with Crippen LogP contribution in [0, 0.1) is 0 Å². The van der Waals surface area contributed by atoms with E-state index in [0.29, 0.717) is 0 Å². The van der Waals surface area contributed by atoms with Crippen LogP contribution in [-0.2, 0) is 4.79 Å². The second-order valence-corrected chi connectivity index (χ2v) is 6.80. The summed E-state index contributed by atoms with van der Waals surface area (Å²) in [5.74, 6) is 0.159. The number of allylic oxidation sites excluding steroid dienone is 1. The third-order valence-corrected chi connectivity index (χ3v) is 5.14. The second-order valence-electron chi connectivity index (χ2n) is 4.29. The van der Waals surface area contributed by atoms with E-state index in [0.717, 1.165) is 25.9 Å². The van der Waals surface area contributed by atoms with Crippen LogP contribution < -0.4 is 4.46 Å². The number of amides is 1. The van der Waals surface area contributed by atoms with E-state index in [2.05, 4.69) is 31.2 Å². The third kappa shape index (κ3) is 5.63. The molecule has 0 aliphatic carbocycles. The zero-order valence-corrected chi connectivity index (χ0v) is 13.8. The minimum atomic E-state index is 0.159. The normalized spacial score (nSPS) is 11.4. The van der Waals surface area contributed by atoms with Gasteiger partial charge in [0.05, 0.1) is 0 Å². The van der Waals surface area contributed by atoms with Crippen LogP contribution in [0.4, 0.5) is 0 Å². The number of carbonyl (C=O) groups is 1. The first-order chi connectivity index (χ1) is 9.21. The van der Waals surface area contributed by atoms with Crippen molar-refractivity contribution in [2.75, 3.05) is 13.1 Å². The van der Waals surface area contributed by atoms with Crippen LogP contribution in [0.5, 0.6) is 0 Å². The summed E-state index contributed by atoms with van der Waals surface area (Å²) in [6.07, 6.45) is 3.97. The molecule has 0 bridgehead atoms. The summed E-state index contributed by atoms with van der Waals surface area (Å²) in [6, 6.07) is 10.4. The maximum absolute atomic E-state index is 12.1. The molecule has 0 aliphatic heterocycles. The molecule has 0 heterocycles. The summed E-state index contributed by atoms with van der Waals surface area (Å²) in [5.41, 5.74) is 0. The number of rotatable bonds is 7. The average Bonchev–Trinajstić information content (AvgIpc) is 2.41. The van der Waals surface area contributed by atoms with Crippen molar-refractivity contribution in [3.05, 3.63) is 40.9 Å². The van der Waals surface area contributed by atoms with E-state index in [9.17, 15) is 4.79 Å². The summed E-state index contributed by atoms with van der Waals surface area (Å²) >= 11 is 0.264. The van der Waals surface area contributed by atoms with E-state index in [1.165, 1.54) is 8.93 Å². The summed E-state index contributed by atoms with van der Waals surface area (Å²) < 4.78 is 2.63. The van der Waals surface area contributed by atoms with Crippen LogP contribution in [0.1, 0.15) is 33.6 Å². The fourth-order valence-electron chi connectivity index (χ4n) is 1.80. The number of hydrogen-bond acceptors (Lipinski definition) is 1. The van der Waals surface area contributed by atoms with Gasteiger partial charge >= 0.3 is 123 Å². The predicted molar refractivity (Wildman–Crippen MR) is 82.7 cm³/mol. The van der Waals surface area contributed by atoms with Crippen molar-refractivity contribution in [2.45, 2.75) is 33.6 Å². The SMILES string of the molecule is CCC/C(=C/C(=O)N(CC)CC)[Se]c1ccccc1. The predicted octanol–water partition coefficient (Wildman–Crippen LogP) is 2.57. The van der Waals surface area contributed by atoms with Crippen LogP contribution >= 0.6 is 0 Å². The molecule has 0 saturated heterocycles. The van der Waals surface area contributed by atoms with Crippen molar-refractivity contribution < 1.29 is 4.79 Å². The summed E-state index contributed by atoms with van der Waals surface area (Å²) in [5, 5.41) is 0. The number of carbonyl (C=O) groups excluding carboxylic acids is 1. The van der Waals surface area contributed by atoms with Crippen molar-refractivity contribution >= 4 is 25.3 Å². The van der Waals surface area contributed by atoms with Gasteiger partial charge in [0.1, 0.15) is 0 Å². The maximum atomic E-state index is 12.1. The Morgan fingerprint density at radius 3 is 2.32 bits per heavy atom. The zero-order chi connectivity index (χ0) is 14.1. The van der Waals surface area contributed by atoms with Gasteiger partial charge < -0.3 is 0 Å². The quantitative estimate of drug-likeness (QED) is 0.558. The molecule has 104 valence electrons. The summed E-state index contributed by atoms with van der Waals surface area (Å²) in [6.45, 7) is 7.78. The zero-order valence-electron chi connectivity index (χ0n) is 12.1. The number of likely N-dealkylation sites (N-methyl/N-ethyl adjacent to an activating group) is 1. The monoisotopic (exact) mass is 325 g/mol. The summed E-state index contributed by atoms with van der Waals surface area (Å²) in [7, 11) is 0. The van der Waals surface area contributed by atoms with E-state index >= 15 is 0 Å². The Hall–Kier alpha value is -1.05. The van der Waals surface area contributed by atoms with E-state index in [1.54, 1.807) is 0 Å². The molecule has 0 fully saturated rings. The van der Waals surface area contributed by atoms with Crippen LogP contribution in [0.2, 0.25) is 0 Å². The Morgan fingerprint density at radius 2 is 1.79 bits per heavy atom. The van der Waals surface area contributed by atoms with E-state index in [-0.39, 0.29) is 20.9 Å². The first kappa shape index (κ1) is 16.0. The molecule has 0 saturated carbocycles. The van der Waals surface area contributed by atoms with Gasteiger partial charge in [0, 0.05) is 0 Å². The molecule has 0 atom stereocenters. The average molecular weight is 324 g/mol. The molecule has 0 spiro atoms. The van der Waals surface area contributed by atoms with E-state index < -0.39 is 0 Å². The molecular weight excluding hydrogens is 301 g/mol. The number of benzene rings is 1. The van der Waals surface area contributed by atoms with Crippen molar-refractivity contribution in [1.82, 2.24) is 4.90 Å². The molecule has 0 unspecified atom stereocenters. The number of hydrogen-bond donors (Lipinski definition) is 0. The first-order valence-corrected chi connectivity index (χ1v) is 8.64. The Morgan fingerprint density at radius 1 is 1.16 bits per heavy atom. The van der Waals surface area contributed by atoms with Gasteiger partial charge in [-0.25, -0.2) is 0 Å². The molecule has 0 aliphatic rings. The molecule has 1 aromatic carbocycles. The van der Waals surface area contributed by atoms with Crippen LogP contribution in [0.25, 0.3) is 0 Å². The topological polar surface area (TPSA) is 20.3 Å². The van der Waals surface area contributed by atoms with Crippen molar-refractivity contribution in [1.29, 1.82) is 0 Å². The molecule has 2 nitrogen and oxygen atoms in total. The first-order valence-electron chi connectivity index (χ1n) is 6.93. The molecule has 19 heavy (non-hydrogen) atoms. The Balaban J connectivity index is 2.79. The molecule has 1 rings (SSSR count). The van der Waals surface area contributed by atoms with Gasteiger partial charge in [0.15, 0.2) is 0 Å². The van der Waals surface area contributed by atoms with Gasteiger partial charge in [-0.2, -0.15) is 0 Å². The third-order valence-electron chi connectivity index (χ3n) is 2.85. The van der Waals surface area contributed by atoms with Crippen LogP contribution in [0.3, 0.4) is 0 Å². The molecule has 3 heteroatoms. The molecule has 0 N–H and O–H groups in total. The van der Waals surface area contributed by atoms with E-state index in [1.807, 2.05) is 30.9 Å². The second kappa shape index (κ2) is 8.95. The standard InChI is InChI=1S/C16H23NOSe/c1-4-10-15(13-16(18)17(5-2)6-3)19-14-11-8-7-9-12-14/h7-9,11-13H,4-6,10H2,1-3H3/b15-13-. The molecular formula is C16H23NOSe. The molecule has 1 amide bonds. The Bertz CT molecular complexity index is 410. The minimum absolute atomic E-state index is 0.159. The van der Waals surface area contributed by atoms with Crippen LogP contribution in [-0.4, -0.2) is 38.9 Å². The van der Waals surface area contributed by atoms with Crippen molar-refractivity contribution in [2.24, 2.45) is 0 Å². The fraction of sp³-hybridized carbons (Fsp3) is 0.438. The fourth-order valence-corrected chi connectivity index (χ4v) is 4.03. The van der Waals surface area contributed by atoms with Gasteiger partial charge in [-0.3, -0.25) is 0 Å². The van der Waals surface area contributed by atoms with Crippen LogP contribution in [0.15, 0.2) is 40.9 Å². The van der Waals surface area contributed by atoms with Gasteiger partial charge in [0.25, 0.3) is 0 Å². The molecule has 0 aromatic heterocycles. The van der Waals surface area contributed by atoms with Gasteiger partial charge in [-0.15, -0.1) is 0 Å².